The predicted octanol–water partition coefficient (Wildman–Crippen LogP) is 3.27. The SMILES string of the molecule is CCN(CC)C(=O)[C@H](NC(=O)c1ccccc1)C1CCN(C(=O)c2cccs2)CC1. The number of hydrogen-bond donors (Lipinski definition) is 1. The topological polar surface area (TPSA) is 69.7 Å². The van der Waals surface area contributed by atoms with E-state index >= 15 is 0 Å². The number of nitrogens with one attached hydrogen (secondary N) is 1. The lowest BCUT2D eigenvalue weighted by molar-refractivity contribution is -0.134. The van der Waals surface area contributed by atoms with Crippen LogP contribution < -0.4 is 5.32 Å². The molecule has 0 aliphatic carbocycles. The Morgan fingerprint density at radius 1 is 1.07 bits per heavy atom. The van der Waals surface area contributed by atoms with Gasteiger partial charge in [-0.1, -0.05) is 24.3 Å². The first kappa shape index (κ1) is 22.0. The fourth-order valence-corrected chi connectivity index (χ4v) is 4.61. The van der Waals surface area contributed by atoms with Crippen molar-refractivity contribution in [2.45, 2.75) is 32.7 Å². The molecule has 0 spiro atoms. The normalized spacial score (nSPS) is 15.5. The molecule has 2 aromatic rings. The van der Waals surface area contributed by atoms with Crippen molar-refractivity contribution < 1.29 is 14.4 Å². The van der Waals surface area contributed by atoms with E-state index in [0.717, 1.165) is 4.88 Å². The van der Waals surface area contributed by atoms with Gasteiger partial charge in [0.2, 0.25) is 5.91 Å². The Morgan fingerprint density at radius 3 is 2.30 bits per heavy atom. The highest BCUT2D eigenvalue weighted by molar-refractivity contribution is 7.12. The van der Waals surface area contributed by atoms with Gasteiger partial charge in [-0.3, -0.25) is 14.4 Å². The van der Waals surface area contributed by atoms with Crippen molar-refractivity contribution in [1.29, 1.82) is 0 Å². The van der Waals surface area contributed by atoms with E-state index in [-0.39, 0.29) is 23.6 Å². The smallest absolute Gasteiger partial charge is 0.263 e. The summed E-state index contributed by atoms with van der Waals surface area (Å²) in [5.41, 5.74) is 0.542. The van der Waals surface area contributed by atoms with Crippen molar-refractivity contribution in [2.24, 2.45) is 5.92 Å². The molecule has 0 bridgehead atoms. The molecule has 30 heavy (non-hydrogen) atoms. The van der Waals surface area contributed by atoms with Crippen molar-refractivity contribution in [3.8, 4) is 0 Å². The van der Waals surface area contributed by atoms with Gasteiger partial charge in [-0.25, -0.2) is 0 Å². The Balaban J connectivity index is 1.71. The van der Waals surface area contributed by atoms with Crippen LogP contribution in [0.25, 0.3) is 0 Å². The van der Waals surface area contributed by atoms with E-state index < -0.39 is 6.04 Å². The van der Waals surface area contributed by atoms with Crippen LogP contribution in [-0.4, -0.2) is 59.7 Å². The number of benzene rings is 1. The maximum Gasteiger partial charge on any atom is 0.263 e. The third-order valence-electron chi connectivity index (χ3n) is 5.69. The third-order valence-corrected chi connectivity index (χ3v) is 6.55. The van der Waals surface area contributed by atoms with Gasteiger partial charge in [0.1, 0.15) is 6.04 Å². The molecule has 2 heterocycles. The second kappa shape index (κ2) is 10.4. The average molecular weight is 428 g/mol. The van der Waals surface area contributed by atoms with Gasteiger partial charge in [0.25, 0.3) is 11.8 Å². The van der Waals surface area contributed by atoms with Crippen molar-refractivity contribution in [3.63, 3.8) is 0 Å². The molecule has 1 fully saturated rings. The lowest BCUT2D eigenvalue weighted by atomic mass is 9.88. The Labute approximate surface area is 181 Å². The number of likely N-dealkylation sites (N-methyl/N-ethyl adjacent to an activating group) is 1. The first-order valence-electron chi connectivity index (χ1n) is 10.5. The summed E-state index contributed by atoms with van der Waals surface area (Å²) in [4.78, 5) is 43.0. The van der Waals surface area contributed by atoms with Crippen LogP contribution in [0, 0.1) is 5.92 Å². The minimum absolute atomic E-state index is 0.00171. The van der Waals surface area contributed by atoms with Crippen molar-refractivity contribution in [2.75, 3.05) is 26.2 Å². The van der Waals surface area contributed by atoms with Crippen LogP contribution in [0.3, 0.4) is 0 Å². The molecular formula is C23H29N3O3S. The Bertz CT molecular complexity index is 842. The number of carbonyl (C=O) groups excluding carboxylic acids is 3. The lowest BCUT2D eigenvalue weighted by Crippen LogP contribution is -2.54. The van der Waals surface area contributed by atoms with Gasteiger partial charge in [0, 0.05) is 31.7 Å². The summed E-state index contributed by atoms with van der Waals surface area (Å²) in [7, 11) is 0. The molecule has 0 unspecified atom stereocenters. The van der Waals surface area contributed by atoms with Gasteiger partial charge in [-0.05, 0) is 56.2 Å². The fourth-order valence-electron chi connectivity index (χ4n) is 3.92. The molecule has 1 atom stereocenters. The van der Waals surface area contributed by atoms with Crippen LogP contribution in [0.1, 0.15) is 46.7 Å². The first-order chi connectivity index (χ1) is 14.5. The maximum absolute atomic E-state index is 13.2. The molecule has 160 valence electrons. The van der Waals surface area contributed by atoms with Crippen molar-refractivity contribution in [1.82, 2.24) is 15.1 Å². The van der Waals surface area contributed by atoms with Crippen LogP contribution in [-0.2, 0) is 4.79 Å². The molecule has 3 rings (SSSR count). The Morgan fingerprint density at radius 2 is 1.73 bits per heavy atom. The lowest BCUT2D eigenvalue weighted by Gasteiger charge is -2.37. The van der Waals surface area contributed by atoms with E-state index in [9.17, 15) is 14.4 Å². The monoisotopic (exact) mass is 427 g/mol. The first-order valence-corrected chi connectivity index (χ1v) is 11.4. The molecule has 1 N–H and O–H groups in total. The zero-order valence-electron chi connectivity index (χ0n) is 17.5. The summed E-state index contributed by atoms with van der Waals surface area (Å²) in [6.07, 6.45) is 1.37. The molecule has 1 aromatic carbocycles. The van der Waals surface area contributed by atoms with E-state index in [0.29, 0.717) is 44.6 Å². The molecule has 1 aliphatic heterocycles. The zero-order valence-corrected chi connectivity index (χ0v) is 18.4. The number of rotatable bonds is 7. The van der Waals surface area contributed by atoms with Crippen molar-refractivity contribution >= 4 is 29.1 Å². The highest BCUT2D eigenvalue weighted by Gasteiger charge is 2.35. The molecule has 3 amide bonds. The molecular weight excluding hydrogens is 398 g/mol. The summed E-state index contributed by atoms with van der Waals surface area (Å²) in [6.45, 7) is 6.26. The molecule has 1 saturated heterocycles. The van der Waals surface area contributed by atoms with Crippen LogP contribution in [0.4, 0.5) is 0 Å². The van der Waals surface area contributed by atoms with Gasteiger partial charge >= 0.3 is 0 Å². The minimum Gasteiger partial charge on any atom is -0.341 e. The summed E-state index contributed by atoms with van der Waals surface area (Å²) < 4.78 is 0. The van der Waals surface area contributed by atoms with Crippen LogP contribution in [0.15, 0.2) is 47.8 Å². The van der Waals surface area contributed by atoms with E-state index in [2.05, 4.69) is 5.32 Å². The second-order valence-electron chi connectivity index (χ2n) is 7.43. The van der Waals surface area contributed by atoms with Gasteiger partial charge in [0.15, 0.2) is 0 Å². The fraction of sp³-hybridized carbons (Fsp3) is 0.435. The summed E-state index contributed by atoms with van der Waals surface area (Å²) >= 11 is 1.44. The zero-order chi connectivity index (χ0) is 21.5. The van der Waals surface area contributed by atoms with Crippen LogP contribution in [0.2, 0.25) is 0 Å². The summed E-state index contributed by atoms with van der Waals surface area (Å²) in [5, 5.41) is 4.89. The van der Waals surface area contributed by atoms with Gasteiger partial charge in [-0.2, -0.15) is 0 Å². The second-order valence-corrected chi connectivity index (χ2v) is 8.38. The van der Waals surface area contributed by atoms with Crippen molar-refractivity contribution in [3.05, 3.63) is 58.3 Å². The highest BCUT2D eigenvalue weighted by Crippen LogP contribution is 2.25. The van der Waals surface area contributed by atoms with Gasteiger partial charge in [-0.15, -0.1) is 11.3 Å². The van der Waals surface area contributed by atoms with Gasteiger partial charge < -0.3 is 15.1 Å². The molecule has 7 heteroatoms. The number of nitrogens with zero attached hydrogens (tertiary/aromatic N) is 2. The number of piperidine rings is 1. The predicted molar refractivity (Wildman–Crippen MR) is 119 cm³/mol. The van der Waals surface area contributed by atoms with E-state index in [1.807, 2.05) is 54.5 Å². The molecule has 1 aromatic heterocycles. The third kappa shape index (κ3) is 5.08. The summed E-state index contributed by atoms with van der Waals surface area (Å²) in [6, 6.07) is 12.1. The Hall–Kier alpha value is -2.67. The quantitative estimate of drug-likeness (QED) is 0.737. The van der Waals surface area contributed by atoms with Gasteiger partial charge in [0.05, 0.1) is 4.88 Å². The number of hydrogen-bond acceptors (Lipinski definition) is 4. The van der Waals surface area contributed by atoms with Crippen LogP contribution >= 0.6 is 11.3 Å². The molecule has 0 radical (unpaired) electrons. The number of amides is 3. The molecule has 0 saturated carbocycles. The number of likely N-dealkylation sites (tertiary alicyclic amines) is 1. The average Bonchev–Trinajstić information content (AvgIpc) is 3.33. The largest absolute Gasteiger partial charge is 0.341 e. The molecule has 6 nitrogen and oxygen atoms in total. The minimum atomic E-state index is -0.586. The van der Waals surface area contributed by atoms with E-state index in [1.54, 1.807) is 17.0 Å². The highest BCUT2D eigenvalue weighted by atomic mass is 32.1. The number of thiophene rings is 1. The molecule has 1 aliphatic rings. The van der Waals surface area contributed by atoms with E-state index in [4.69, 9.17) is 0 Å². The number of carbonyl (C=O) groups is 3. The standard InChI is InChI=1S/C23H29N3O3S/c1-3-25(4-2)23(29)20(24-21(27)18-9-6-5-7-10-18)17-12-14-26(15-13-17)22(28)19-11-8-16-30-19/h5-11,16-17,20H,3-4,12-15H2,1-2H3,(H,24,27)/t20-/m1/s1. The Kier molecular flexibility index (Phi) is 7.63. The van der Waals surface area contributed by atoms with Crippen LogP contribution in [0.5, 0.6) is 0 Å². The maximum atomic E-state index is 13.2. The van der Waals surface area contributed by atoms with E-state index in [1.165, 1.54) is 11.3 Å². The summed E-state index contributed by atoms with van der Waals surface area (Å²) in [5.74, 6) is -0.243.